The van der Waals surface area contributed by atoms with Gasteiger partial charge in [0.15, 0.2) is 5.69 Å². The molecule has 0 saturated heterocycles. The van der Waals surface area contributed by atoms with Crippen LogP contribution < -0.4 is 4.74 Å². The largest absolute Gasteiger partial charge is 0.496 e. The van der Waals surface area contributed by atoms with Crippen molar-refractivity contribution < 1.29 is 14.3 Å². The molecular formula is C10H9BrN2O3. The van der Waals surface area contributed by atoms with E-state index in [0.29, 0.717) is 16.7 Å². The average Bonchev–Trinajstić information content (AvgIpc) is 2.74. The molecule has 1 N–H and O–H groups in total. The van der Waals surface area contributed by atoms with Crippen LogP contribution in [0, 0.1) is 0 Å². The van der Waals surface area contributed by atoms with Crippen LogP contribution in [0.15, 0.2) is 16.6 Å². The summed E-state index contributed by atoms with van der Waals surface area (Å²) in [6.45, 7) is 0. The number of esters is 1. The summed E-state index contributed by atoms with van der Waals surface area (Å²) in [6.07, 6.45) is 0. The van der Waals surface area contributed by atoms with Gasteiger partial charge < -0.3 is 9.47 Å². The van der Waals surface area contributed by atoms with E-state index in [0.717, 1.165) is 4.47 Å². The first-order valence-electron chi connectivity index (χ1n) is 4.48. The third kappa shape index (κ3) is 1.55. The summed E-state index contributed by atoms with van der Waals surface area (Å²) < 4.78 is 10.6. The summed E-state index contributed by atoms with van der Waals surface area (Å²) in [5.74, 6) is 0.0787. The van der Waals surface area contributed by atoms with Gasteiger partial charge in [0.1, 0.15) is 5.75 Å². The lowest BCUT2D eigenvalue weighted by Gasteiger charge is -2.03. The van der Waals surface area contributed by atoms with Gasteiger partial charge in [-0.05, 0) is 28.1 Å². The molecular weight excluding hydrogens is 276 g/mol. The van der Waals surface area contributed by atoms with Crippen molar-refractivity contribution in [2.75, 3.05) is 14.2 Å². The fraction of sp³-hybridized carbons (Fsp3) is 0.200. The number of nitrogens with one attached hydrogen (secondary N) is 1. The number of H-pyrrole nitrogens is 1. The van der Waals surface area contributed by atoms with Crippen LogP contribution in [0.25, 0.3) is 10.9 Å². The first-order chi connectivity index (χ1) is 7.69. The third-order valence-corrected chi connectivity index (χ3v) is 2.89. The molecule has 0 aliphatic carbocycles. The molecule has 0 spiro atoms. The molecule has 0 radical (unpaired) electrons. The van der Waals surface area contributed by atoms with Crippen LogP contribution in [0.2, 0.25) is 0 Å². The van der Waals surface area contributed by atoms with Gasteiger partial charge in [0.05, 0.1) is 25.1 Å². The molecule has 0 atom stereocenters. The Labute approximate surface area is 99.9 Å². The predicted octanol–water partition coefficient (Wildman–Crippen LogP) is 2.12. The Balaban J connectivity index is 2.77. The number of hydrogen-bond acceptors (Lipinski definition) is 4. The van der Waals surface area contributed by atoms with Crippen LogP contribution in [0.1, 0.15) is 10.5 Å². The minimum atomic E-state index is -0.498. The SMILES string of the molecule is COC(=O)c1n[nH]c2c(Br)ccc(OC)c12. The normalized spacial score (nSPS) is 10.4. The summed E-state index contributed by atoms with van der Waals surface area (Å²) in [5.41, 5.74) is 0.926. The van der Waals surface area contributed by atoms with Gasteiger partial charge >= 0.3 is 5.97 Å². The Bertz CT molecular complexity index is 550. The van der Waals surface area contributed by atoms with Crippen LogP contribution in [0.3, 0.4) is 0 Å². The van der Waals surface area contributed by atoms with E-state index < -0.39 is 5.97 Å². The zero-order valence-corrected chi connectivity index (χ0v) is 10.3. The Kier molecular flexibility index (Phi) is 2.82. The molecule has 2 aromatic rings. The van der Waals surface area contributed by atoms with E-state index in [1.165, 1.54) is 14.2 Å². The molecule has 0 saturated carbocycles. The average molecular weight is 285 g/mol. The molecule has 0 bridgehead atoms. The van der Waals surface area contributed by atoms with Crippen molar-refractivity contribution in [2.45, 2.75) is 0 Å². The van der Waals surface area contributed by atoms with Crippen molar-refractivity contribution in [3.8, 4) is 5.75 Å². The van der Waals surface area contributed by atoms with Gasteiger partial charge in [-0.3, -0.25) is 5.10 Å². The number of rotatable bonds is 2. The van der Waals surface area contributed by atoms with Crippen molar-refractivity contribution >= 4 is 32.8 Å². The van der Waals surface area contributed by atoms with E-state index in [4.69, 9.17) is 4.74 Å². The van der Waals surface area contributed by atoms with E-state index >= 15 is 0 Å². The summed E-state index contributed by atoms with van der Waals surface area (Å²) in [6, 6.07) is 3.58. The molecule has 0 fully saturated rings. The van der Waals surface area contributed by atoms with E-state index in [2.05, 4.69) is 30.9 Å². The standard InChI is InChI=1S/C10H9BrN2O3/c1-15-6-4-3-5(11)8-7(6)9(13-12-8)10(14)16-2/h3-4H,1-2H3,(H,12,13). The number of hydrogen-bond donors (Lipinski definition) is 1. The van der Waals surface area contributed by atoms with Crippen molar-refractivity contribution in [1.29, 1.82) is 0 Å². The minimum Gasteiger partial charge on any atom is -0.496 e. The number of nitrogens with zero attached hydrogens (tertiary/aromatic N) is 1. The number of methoxy groups -OCH3 is 2. The van der Waals surface area contributed by atoms with Gasteiger partial charge in [0.2, 0.25) is 0 Å². The van der Waals surface area contributed by atoms with Crippen LogP contribution >= 0.6 is 15.9 Å². The van der Waals surface area contributed by atoms with Crippen molar-refractivity contribution in [3.05, 3.63) is 22.3 Å². The van der Waals surface area contributed by atoms with Crippen molar-refractivity contribution in [2.24, 2.45) is 0 Å². The van der Waals surface area contributed by atoms with E-state index in [9.17, 15) is 4.79 Å². The molecule has 0 unspecified atom stereocenters. The number of aromatic amines is 1. The van der Waals surface area contributed by atoms with Gasteiger partial charge in [-0.15, -0.1) is 0 Å². The fourth-order valence-corrected chi connectivity index (χ4v) is 1.90. The van der Waals surface area contributed by atoms with Crippen LogP contribution in [0.4, 0.5) is 0 Å². The quantitative estimate of drug-likeness (QED) is 0.858. The molecule has 1 aromatic heterocycles. The van der Waals surface area contributed by atoms with Gasteiger partial charge in [-0.25, -0.2) is 4.79 Å². The Morgan fingerprint density at radius 3 is 2.81 bits per heavy atom. The maximum absolute atomic E-state index is 11.5. The van der Waals surface area contributed by atoms with Crippen LogP contribution in [-0.2, 0) is 4.74 Å². The number of aromatic nitrogens is 2. The zero-order valence-electron chi connectivity index (χ0n) is 8.70. The summed E-state index contributed by atoms with van der Waals surface area (Å²) >= 11 is 3.37. The monoisotopic (exact) mass is 284 g/mol. The highest BCUT2D eigenvalue weighted by Gasteiger charge is 2.19. The number of carbonyl (C=O) groups is 1. The van der Waals surface area contributed by atoms with E-state index in [1.54, 1.807) is 6.07 Å². The first kappa shape index (κ1) is 10.9. The summed E-state index contributed by atoms with van der Waals surface area (Å²) in [7, 11) is 2.85. The van der Waals surface area contributed by atoms with E-state index in [-0.39, 0.29) is 5.69 Å². The highest BCUT2D eigenvalue weighted by atomic mass is 79.9. The lowest BCUT2D eigenvalue weighted by atomic mass is 10.2. The second-order valence-corrected chi connectivity index (χ2v) is 3.92. The van der Waals surface area contributed by atoms with Gasteiger partial charge in [-0.1, -0.05) is 0 Å². The second-order valence-electron chi connectivity index (χ2n) is 3.06. The molecule has 1 aromatic carbocycles. The van der Waals surface area contributed by atoms with Crippen molar-refractivity contribution in [3.63, 3.8) is 0 Å². The Hall–Kier alpha value is -1.56. The molecule has 16 heavy (non-hydrogen) atoms. The topological polar surface area (TPSA) is 64.2 Å². The highest BCUT2D eigenvalue weighted by Crippen LogP contribution is 2.32. The van der Waals surface area contributed by atoms with Gasteiger partial charge in [-0.2, -0.15) is 5.10 Å². The van der Waals surface area contributed by atoms with Crippen molar-refractivity contribution in [1.82, 2.24) is 10.2 Å². The molecule has 5 nitrogen and oxygen atoms in total. The first-order valence-corrected chi connectivity index (χ1v) is 5.27. The predicted molar refractivity (Wildman–Crippen MR) is 61.7 cm³/mol. The molecule has 6 heteroatoms. The second kappa shape index (κ2) is 4.13. The number of benzene rings is 1. The maximum atomic E-state index is 11.5. The molecule has 0 amide bonds. The molecule has 84 valence electrons. The molecule has 0 aliphatic heterocycles. The van der Waals surface area contributed by atoms with Crippen LogP contribution in [0.5, 0.6) is 5.75 Å². The summed E-state index contributed by atoms with van der Waals surface area (Å²) in [4.78, 5) is 11.5. The lowest BCUT2D eigenvalue weighted by molar-refractivity contribution is 0.0596. The smallest absolute Gasteiger partial charge is 0.359 e. The minimum absolute atomic E-state index is 0.218. The number of carbonyl (C=O) groups excluding carboxylic acids is 1. The highest BCUT2D eigenvalue weighted by molar-refractivity contribution is 9.10. The third-order valence-electron chi connectivity index (χ3n) is 2.23. The van der Waals surface area contributed by atoms with Crippen LogP contribution in [-0.4, -0.2) is 30.4 Å². The number of ether oxygens (including phenoxy) is 2. The number of fused-ring (bicyclic) bond motifs is 1. The summed E-state index contributed by atoms with van der Waals surface area (Å²) in [5, 5.41) is 7.31. The van der Waals surface area contributed by atoms with Gasteiger partial charge in [0, 0.05) is 4.47 Å². The molecule has 2 rings (SSSR count). The lowest BCUT2D eigenvalue weighted by Crippen LogP contribution is -2.02. The molecule has 1 heterocycles. The van der Waals surface area contributed by atoms with Gasteiger partial charge in [0.25, 0.3) is 0 Å². The fourth-order valence-electron chi connectivity index (χ4n) is 1.48. The Morgan fingerprint density at radius 2 is 2.19 bits per heavy atom. The molecule has 0 aliphatic rings. The Morgan fingerprint density at radius 1 is 1.44 bits per heavy atom. The maximum Gasteiger partial charge on any atom is 0.359 e. The zero-order chi connectivity index (χ0) is 11.7. The van der Waals surface area contributed by atoms with E-state index in [1.807, 2.05) is 6.07 Å². The number of halogens is 1.